The van der Waals surface area contributed by atoms with Crippen molar-refractivity contribution < 1.29 is 4.79 Å². The number of hydrogen-bond donors (Lipinski definition) is 0. The molecule has 27 heavy (non-hydrogen) atoms. The zero-order valence-corrected chi connectivity index (χ0v) is 15.4. The van der Waals surface area contributed by atoms with E-state index in [-0.39, 0.29) is 11.9 Å². The summed E-state index contributed by atoms with van der Waals surface area (Å²) in [6, 6.07) is 28.3. The summed E-state index contributed by atoms with van der Waals surface area (Å²) in [5.74, 6) is 0.381. The molecule has 1 aliphatic heterocycles. The van der Waals surface area contributed by atoms with Crippen molar-refractivity contribution in [3.05, 3.63) is 96.1 Å². The van der Waals surface area contributed by atoms with Crippen LogP contribution in [-0.2, 0) is 4.79 Å². The zero-order chi connectivity index (χ0) is 18.8. The molecule has 0 saturated heterocycles. The molecule has 0 aromatic heterocycles. The fraction of sp³-hybridized carbons (Fsp3) is 0.130. The fourth-order valence-corrected chi connectivity index (χ4v) is 3.33. The summed E-state index contributed by atoms with van der Waals surface area (Å²) >= 11 is 0. The fourth-order valence-electron chi connectivity index (χ4n) is 3.33. The van der Waals surface area contributed by atoms with E-state index in [1.54, 1.807) is 6.92 Å². The van der Waals surface area contributed by atoms with Crippen LogP contribution in [0.2, 0.25) is 0 Å². The van der Waals surface area contributed by atoms with E-state index in [1.165, 1.54) is 5.56 Å². The van der Waals surface area contributed by atoms with Crippen molar-refractivity contribution in [3.63, 3.8) is 0 Å². The average Bonchev–Trinajstić information content (AvgIpc) is 3.11. The maximum atomic E-state index is 12.5. The van der Waals surface area contributed by atoms with Crippen LogP contribution < -0.4 is 9.91 Å². The molecule has 1 atom stereocenters. The molecule has 1 heterocycles. The number of anilines is 2. The van der Waals surface area contributed by atoms with Crippen LogP contribution in [-0.4, -0.2) is 11.6 Å². The van der Waals surface area contributed by atoms with Gasteiger partial charge in [0.2, 0.25) is 0 Å². The van der Waals surface area contributed by atoms with E-state index in [0.29, 0.717) is 5.84 Å². The van der Waals surface area contributed by atoms with Crippen molar-refractivity contribution in [2.45, 2.75) is 20.0 Å². The van der Waals surface area contributed by atoms with Crippen LogP contribution in [0.4, 0.5) is 11.4 Å². The number of aryl methyl sites for hydroxylation is 1. The molecule has 0 aliphatic carbocycles. The molecule has 0 spiro atoms. The molecule has 0 unspecified atom stereocenters. The molecule has 134 valence electrons. The highest BCUT2D eigenvalue weighted by Gasteiger charge is 2.38. The van der Waals surface area contributed by atoms with Crippen molar-refractivity contribution in [1.82, 2.24) is 0 Å². The smallest absolute Gasteiger partial charge is 0.198 e. The Kier molecular flexibility index (Phi) is 4.47. The van der Waals surface area contributed by atoms with Gasteiger partial charge in [-0.2, -0.15) is 0 Å². The SMILES string of the molecule is CC(=O)C1=NN(c2ccccc2)[C@@H](c2ccccc2)N1c1ccc(C)cc1. The third-order valence-electron chi connectivity index (χ3n) is 4.65. The van der Waals surface area contributed by atoms with E-state index in [9.17, 15) is 4.79 Å². The van der Waals surface area contributed by atoms with E-state index in [4.69, 9.17) is 5.10 Å². The van der Waals surface area contributed by atoms with Gasteiger partial charge in [0, 0.05) is 12.6 Å². The number of hydrogen-bond acceptors (Lipinski definition) is 4. The summed E-state index contributed by atoms with van der Waals surface area (Å²) < 4.78 is 0. The van der Waals surface area contributed by atoms with Crippen LogP contribution in [0.5, 0.6) is 0 Å². The van der Waals surface area contributed by atoms with Gasteiger partial charge in [0.05, 0.1) is 5.69 Å². The Morgan fingerprint density at radius 2 is 1.41 bits per heavy atom. The topological polar surface area (TPSA) is 35.9 Å². The van der Waals surface area contributed by atoms with Crippen LogP contribution in [0.1, 0.15) is 24.2 Å². The largest absolute Gasteiger partial charge is 0.295 e. The molecule has 3 aromatic carbocycles. The number of carbonyl (C=O) groups is 1. The summed E-state index contributed by atoms with van der Waals surface area (Å²) in [6.45, 7) is 3.62. The van der Waals surface area contributed by atoms with Gasteiger partial charge in [-0.15, -0.1) is 5.10 Å². The number of nitrogens with zero attached hydrogens (tertiary/aromatic N) is 3. The van der Waals surface area contributed by atoms with Gasteiger partial charge in [-0.25, -0.2) is 5.01 Å². The van der Waals surface area contributed by atoms with Crippen LogP contribution in [0.3, 0.4) is 0 Å². The van der Waals surface area contributed by atoms with Crippen LogP contribution in [0, 0.1) is 6.92 Å². The number of para-hydroxylation sites is 1. The predicted octanol–water partition coefficient (Wildman–Crippen LogP) is 4.92. The maximum absolute atomic E-state index is 12.5. The summed E-state index contributed by atoms with van der Waals surface area (Å²) in [5, 5.41) is 6.64. The standard InChI is InChI=1S/C23H21N3O/c1-17-13-15-20(16-14-17)25-22(18(2)27)24-26(21-11-7-4-8-12-21)23(25)19-9-5-3-6-10-19/h3-16,23H,1-2H3/t23-/m0/s1. The van der Waals surface area contributed by atoms with E-state index >= 15 is 0 Å². The van der Waals surface area contributed by atoms with Gasteiger partial charge in [0.1, 0.15) is 0 Å². The lowest BCUT2D eigenvalue weighted by atomic mass is 10.1. The molecule has 4 nitrogen and oxygen atoms in total. The molecule has 0 bridgehead atoms. The van der Waals surface area contributed by atoms with Crippen LogP contribution >= 0.6 is 0 Å². The second kappa shape index (κ2) is 7.08. The average molecular weight is 355 g/mol. The number of benzene rings is 3. The summed E-state index contributed by atoms with van der Waals surface area (Å²) in [7, 11) is 0. The Bertz CT molecular complexity index is 966. The minimum absolute atomic E-state index is 0.0602. The summed E-state index contributed by atoms with van der Waals surface area (Å²) in [4.78, 5) is 14.5. The molecule has 0 fully saturated rings. The number of carbonyl (C=O) groups excluding carboxylic acids is 1. The van der Waals surface area contributed by atoms with Crippen molar-refractivity contribution in [2.24, 2.45) is 5.10 Å². The lowest BCUT2D eigenvalue weighted by Gasteiger charge is -2.32. The van der Waals surface area contributed by atoms with Crippen molar-refractivity contribution in [1.29, 1.82) is 0 Å². The Labute approximate surface area is 159 Å². The second-order valence-electron chi connectivity index (χ2n) is 6.65. The molecular weight excluding hydrogens is 334 g/mol. The van der Waals surface area contributed by atoms with Gasteiger partial charge in [-0.05, 0) is 36.8 Å². The normalized spacial score (nSPS) is 16.4. The third-order valence-corrected chi connectivity index (χ3v) is 4.65. The number of amidine groups is 1. The minimum Gasteiger partial charge on any atom is -0.295 e. The Balaban J connectivity index is 1.89. The highest BCUT2D eigenvalue weighted by molar-refractivity contribution is 6.44. The Hall–Kier alpha value is -3.40. The lowest BCUT2D eigenvalue weighted by molar-refractivity contribution is -0.111. The predicted molar refractivity (Wildman–Crippen MR) is 110 cm³/mol. The van der Waals surface area contributed by atoms with Gasteiger partial charge in [-0.1, -0.05) is 66.2 Å². The van der Waals surface area contributed by atoms with E-state index in [0.717, 1.165) is 16.9 Å². The number of rotatable bonds is 4. The first kappa shape index (κ1) is 17.0. The van der Waals surface area contributed by atoms with Gasteiger partial charge >= 0.3 is 0 Å². The third kappa shape index (κ3) is 3.22. The van der Waals surface area contributed by atoms with E-state index in [2.05, 4.69) is 31.2 Å². The van der Waals surface area contributed by atoms with Gasteiger partial charge in [0.15, 0.2) is 17.8 Å². The monoisotopic (exact) mass is 355 g/mol. The first-order valence-corrected chi connectivity index (χ1v) is 9.00. The van der Waals surface area contributed by atoms with Crippen LogP contribution in [0.15, 0.2) is 90.0 Å². The van der Waals surface area contributed by atoms with Crippen molar-refractivity contribution in [2.75, 3.05) is 9.91 Å². The lowest BCUT2D eigenvalue weighted by Crippen LogP contribution is -2.37. The minimum atomic E-state index is -0.227. The maximum Gasteiger partial charge on any atom is 0.198 e. The molecule has 4 rings (SSSR count). The molecule has 1 aliphatic rings. The first-order valence-electron chi connectivity index (χ1n) is 9.00. The summed E-state index contributed by atoms with van der Waals surface area (Å²) in [6.07, 6.45) is -0.227. The number of ketones is 1. The zero-order valence-electron chi connectivity index (χ0n) is 15.4. The van der Waals surface area contributed by atoms with E-state index in [1.807, 2.05) is 70.6 Å². The quantitative estimate of drug-likeness (QED) is 0.666. The molecule has 4 heteroatoms. The molecule has 3 aromatic rings. The molecular formula is C23H21N3O. The highest BCUT2D eigenvalue weighted by atomic mass is 16.1. The molecule has 0 amide bonds. The molecule has 0 saturated carbocycles. The van der Waals surface area contributed by atoms with Crippen molar-refractivity contribution in [3.8, 4) is 0 Å². The molecule has 0 N–H and O–H groups in total. The Morgan fingerprint density at radius 3 is 2.00 bits per heavy atom. The molecule has 0 radical (unpaired) electrons. The number of Topliss-reactive ketones (excluding diaryl/α,β-unsaturated/α-hetero) is 1. The second-order valence-corrected chi connectivity index (χ2v) is 6.65. The highest BCUT2D eigenvalue weighted by Crippen LogP contribution is 2.38. The van der Waals surface area contributed by atoms with E-state index < -0.39 is 0 Å². The Morgan fingerprint density at radius 1 is 0.815 bits per heavy atom. The van der Waals surface area contributed by atoms with Gasteiger partial charge in [0.25, 0.3) is 0 Å². The first-order chi connectivity index (χ1) is 13.1. The number of hydrazone groups is 1. The van der Waals surface area contributed by atoms with Crippen LogP contribution in [0.25, 0.3) is 0 Å². The van der Waals surface area contributed by atoms with Gasteiger partial charge < -0.3 is 0 Å². The summed E-state index contributed by atoms with van der Waals surface area (Å²) in [5.41, 5.74) is 4.14. The van der Waals surface area contributed by atoms with Crippen molar-refractivity contribution >= 4 is 23.0 Å². The van der Waals surface area contributed by atoms with Gasteiger partial charge in [-0.3, -0.25) is 9.69 Å².